The molecular formula is C14H17BrN4O. The van der Waals surface area contributed by atoms with E-state index in [4.69, 9.17) is 10.5 Å². The molecule has 106 valence electrons. The van der Waals surface area contributed by atoms with Crippen LogP contribution in [0.2, 0.25) is 0 Å². The molecule has 2 rings (SSSR count). The van der Waals surface area contributed by atoms with Crippen molar-refractivity contribution in [1.82, 2.24) is 9.66 Å². The minimum atomic E-state index is 0.132. The molecule has 1 aromatic heterocycles. The van der Waals surface area contributed by atoms with Gasteiger partial charge in [-0.25, -0.2) is 9.66 Å². The Hall–Kier alpha value is -1.82. The van der Waals surface area contributed by atoms with Gasteiger partial charge < -0.3 is 10.5 Å². The maximum Gasteiger partial charge on any atom is 0.221 e. The van der Waals surface area contributed by atoms with E-state index < -0.39 is 0 Å². The first kappa shape index (κ1) is 14.6. The Labute approximate surface area is 126 Å². The summed E-state index contributed by atoms with van der Waals surface area (Å²) in [5.41, 5.74) is 7.48. The lowest BCUT2D eigenvalue weighted by molar-refractivity contribution is 0.242. The van der Waals surface area contributed by atoms with Crippen molar-refractivity contribution in [3.05, 3.63) is 40.1 Å². The highest BCUT2D eigenvalue weighted by molar-refractivity contribution is 9.10. The van der Waals surface area contributed by atoms with Crippen molar-refractivity contribution in [1.29, 1.82) is 0 Å². The normalized spacial score (nSPS) is 11.4. The van der Waals surface area contributed by atoms with Crippen LogP contribution in [-0.2, 0) is 0 Å². The Morgan fingerprint density at radius 1 is 1.45 bits per heavy atom. The molecule has 0 atom stereocenters. The summed E-state index contributed by atoms with van der Waals surface area (Å²) in [4.78, 5) is 4.09. The summed E-state index contributed by atoms with van der Waals surface area (Å²) in [6.45, 7) is 5.85. The van der Waals surface area contributed by atoms with Gasteiger partial charge in [0.25, 0.3) is 0 Å². The third-order valence-electron chi connectivity index (χ3n) is 2.50. The first-order valence-corrected chi connectivity index (χ1v) is 7.07. The number of benzene rings is 1. The van der Waals surface area contributed by atoms with Gasteiger partial charge in [0, 0.05) is 10.0 Å². The smallest absolute Gasteiger partial charge is 0.221 e. The van der Waals surface area contributed by atoms with E-state index in [1.54, 1.807) is 12.4 Å². The molecule has 0 saturated carbocycles. The van der Waals surface area contributed by atoms with E-state index in [1.165, 1.54) is 4.68 Å². The van der Waals surface area contributed by atoms with Crippen molar-refractivity contribution in [2.24, 2.45) is 5.10 Å². The number of nitrogens with two attached hydrogens (primary N) is 1. The van der Waals surface area contributed by atoms with E-state index in [-0.39, 0.29) is 6.10 Å². The number of nitrogens with zero attached hydrogens (tertiary/aromatic N) is 3. The number of aromatic nitrogens is 2. The molecule has 20 heavy (non-hydrogen) atoms. The van der Waals surface area contributed by atoms with Crippen LogP contribution < -0.4 is 10.5 Å². The molecule has 1 heterocycles. The number of aryl methyl sites for hydroxylation is 1. The van der Waals surface area contributed by atoms with Crippen molar-refractivity contribution in [3.8, 4) is 5.75 Å². The highest BCUT2D eigenvalue weighted by Crippen LogP contribution is 2.22. The number of rotatable bonds is 4. The van der Waals surface area contributed by atoms with Crippen molar-refractivity contribution < 1.29 is 4.74 Å². The first-order valence-electron chi connectivity index (χ1n) is 6.27. The maximum absolute atomic E-state index is 5.74. The number of ether oxygens (including phenoxy) is 1. The summed E-state index contributed by atoms with van der Waals surface area (Å²) >= 11 is 3.49. The van der Waals surface area contributed by atoms with Gasteiger partial charge in [-0.3, -0.25) is 0 Å². The van der Waals surface area contributed by atoms with E-state index in [2.05, 4.69) is 26.0 Å². The van der Waals surface area contributed by atoms with E-state index >= 15 is 0 Å². The summed E-state index contributed by atoms with van der Waals surface area (Å²) in [6.07, 6.45) is 3.62. The van der Waals surface area contributed by atoms with Crippen LogP contribution in [0, 0.1) is 6.92 Å². The summed E-state index contributed by atoms with van der Waals surface area (Å²) in [7, 11) is 0. The summed E-state index contributed by atoms with van der Waals surface area (Å²) in [5, 5.41) is 4.30. The number of nitrogen functional groups attached to an aromatic ring is 1. The zero-order valence-electron chi connectivity index (χ0n) is 11.7. The lowest BCUT2D eigenvalue weighted by Gasteiger charge is -2.10. The highest BCUT2D eigenvalue weighted by Gasteiger charge is 2.03. The number of anilines is 1. The summed E-state index contributed by atoms with van der Waals surface area (Å²) in [6, 6.07) is 5.77. The second-order valence-corrected chi connectivity index (χ2v) is 5.53. The number of hydrogen-bond acceptors (Lipinski definition) is 4. The van der Waals surface area contributed by atoms with Crippen molar-refractivity contribution >= 4 is 28.1 Å². The Bertz CT molecular complexity index is 634. The van der Waals surface area contributed by atoms with Gasteiger partial charge in [-0.15, -0.1) is 0 Å². The third-order valence-corrected chi connectivity index (χ3v) is 3.22. The van der Waals surface area contributed by atoms with Gasteiger partial charge in [-0.05, 0) is 39.0 Å². The molecule has 0 aliphatic heterocycles. The predicted molar refractivity (Wildman–Crippen MR) is 84.3 cm³/mol. The molecule has 5 nitrogen and oxygen atoms in total. The Kier molecular flexibility index (Phi) is 4.44. The quantitative estimate of drug-likeness (QED) is 0.872. The molecule has 0 fully saturated rings. The van der Waals surface area contributed by atoms with Gasteiger partial charge in [-0.1, -0.05) is 15.9 Å². The Balaban J connectivity index is 2.26. The van der Waals surface area contributed by atoms with E-state index in [0.29, 0.717) is 5.95 Å². The van der Waals surface area contributed by atoms with Gasteiger partial charge in [-0.2, -0.15) is 5.10 Å². The zero-order chi connectivity index (χ0) is 14.7. The molecule has 0 amide bonds. The van der Waals surface area contributed by atoms with Gasteiger partial charge in [0.15, 0.2) is 0 Å². The van der Waals surface area contributed by atoms with Crippen LogP contribution in [0.5, 0.6) is 5.75 Å². The molecule has 0 bridgehead atoms. The molecule has 1 aromatic carbocycles. The molecule has 2 N–H and O–H groups in total. The average Bonchev–Trinajstić information content (AvgIpc) is 2.68. The highest BCUT2D eigenvalue weighted by atomic mass is 79.9. The second-order valence-electron chi connectivity index (χ2n) is 4.68. The molecule has 0 saturated heterocycles. The lowest BCUT2D eigenvalue weighted by Crippen LogP contribution is -2.05. The first-order chi connectivity index (χ1) is 9.45. The van der Waals surface area contributed by atoms with Crippen LogP contribution in [0.3, 0.4) is 0 Å². The molecule has 0 radical (unpaired) electrons. The van der Waals surface area contributed by atoms with Crippen LogP contribution in [0.15, 0.2) is 34.0 Å². The van der Waals surface area contributed by atoms with Crippen LogP contribution in [0.4, 0.5) is 5.95 Å². The van der Waals surface area contributed by atoms with Gasteiger partial charge in [0.05, 0.1) is 24.2 Å². The standard InChI is InChI=1S/C14H17BrN4O/c1-9(2)20-12-4-5-13(15)11(6-12)7-17-19-8-10(3)18-14(19)16/h4-9H,1-3H3,(H2,16,18). The van der Waals surface area contributed by atoms with Gasteiger partial charge in [0.2, 0.25) is 5.95 Å². The Morgan fingerprint density at radius 2 is 2.20 bits per heavy atom. The van der Waals surface area contributed by atoms with Gasteiger partial charge in [0.1, 0.15) is 5.75 Å². The average molecular weight is 337 g/mol. The minimum Gasteiger partial charge on any atom is -0.491 e. The summed E-state index contributed by atoms with van der Waals surface area (Å²) < 4.78 is 8.14. The predicted octanol–water partition coefficient (Wildman–Crippen LogP) is 3.21. The zero-order valence-corrected chi connectivity index (χ0v) is 13.3. The van der Waals surface area contributed by atoms with E-state index in [1.807, 2.05) is 39.0 Å². The number of hydrogen-bond donors (Lipinski definition) is 1. The maximum atomic E-state index is 5.74. The fourth-order valence-electron chi connectivity index (χ4n) is 1.69. The molecule has 0 unspecified atom stereocenters. The molecule has 0 aliphatic rings. The minimum absolute atomic E-state index is 0.132. The SMILES string of the molecule is Cc1cn(N=Cc2cc(OC(C)C)ccc2Br)c(N)n1. The van der Waals surface area contributed by atoms with Gasteiger partial charge >= 0.3 is 0 Å². The van der Waals surface area contributed by atoms with E-state index in [0.717, 1.165) is 21.5 Å². The van der Waals surface area contributed by atoms with Crippen molar-refractivity contribution in [2.75, 3.05) is 5.73 Å². The largest absolute Gasteiger partial charge is 0.491 e. The number of imidazole rings is 1. The molecule has 0 aliphatic carbocycles. The fourth-order valence-corrected chi connectivity index (χ4v) is 2.04. The lowest BCUT2D eigenvalue weighted by atomic mass is 10.2. The van der Waals surface area contributed by atoms with E-state index in [9.17, 15) is 0 Å². The monoisotopic (exact) mass is 336 g/mol. The Morgan fingerprint density at radius 3 is 2.80 bits per heavy atom. The van der Waals surface area contributed by atoms with Crippen LogP contribution in [0.25, 0.3) is 0 Å². The molecular weight excluding hydrogens is 320 g/mol. The molecule has 2 aromatic rings. The van der Waals surface area contributed by atoms with Crippen molar-refractivity contribution in [2.45, 2.75) is 26.9 Å². The topological polar surface area (TPSA) is 65.4 Å². The molecule has 6 heteroatoms. The van der Waals surface area contributed by atoms with Crippen LogP contribution in [-0.4, -0.2) is 22.0 Å². The third kappa shape index (κ3) is 3.60. The molecule has 0 spiro atoms. The summed E-state index contributed by atoms with van der Waals surface area (Å²) in [5.74, 6) is 1.17. The fraction of sp³-hybridized carbons (Fsp3) is 0.286. The van der Waals surface area contributed by atoms with Crippen LogP contribution in [0.1, 0.15) is 25.1 Å². The number of halogens is 1. The second kappa shape index (κ2) is 6.09. The van der Waals surface area contributed by atoms with Crippen LogP contribution >= 0.6 is 15.9 Å². The van der Waals surface area contributed by atoms with Crippen molar-refractivity contribution in [3.63, 3.8) is 0 Å².